The Hall–Kier alpha value is -2.55. The van der Waals surface area contributed by atoms with Crippen LogP contribution in [0, 0.1) is 11.3 Å². The summed E-state index contributed by atoms with van der Waals surface area (Å²) < 4.78 is 0. The van der Waals surface area contributed by atoms with Crippen LogP contribution < -0.4 is 10.2 Å². The van der Waals surface area contributed by atoms with Gasteiger partial charge in [0, 0.05) is 12.2 Å². The van der Waals surface area contributed by atoms with Crippen molar-refractivity contribution in [3.8, 4) is 6.07 Å². The van der Waals surface area contributed by atoms with Crippen molar-refractivity contribution < 1.29 is 14.7 Å². The molecule has 0 saturated heterocycles. The van der Waals surface area contributed by atoms with E-state index in [1.165, 1.54) is 18.7 Å². The van der Waals surface area contributed by atoms with Crippen molar-refractivity contribution in [1.82, 2.24) is 5.32 Å². The first-order valence-electron chi connectivity index (χ1n) is 6.13. The molecule has 2 amide bonds. The lowest BCUT2D eigenvalue weighted by Crippen LogP contribution is -2.54. The van der Waals surface area contributed by atoms with Crippen molar-refractivity contribution in [1.29, 1.82) is 5.26 Å². The van der Waals surface area contributed by atoms with Gasteiger partial charge in [0.1, 0.15) is 5.54 Å². The maximum atomic E-state index is 12.2. The molecule has 20 heavy (non-hydrogen) atoms. The number of urea groups is 1. The minimum atomic E-state index is -1.38. The van der Waals surface area contributed by atoms with Crippen LogP contribution in [0.15, 0.2) is 30.3 Å². The molecule has 0 heterocycles. The molecular weight excluding hydrogens is 258 g/mol. The second kappa shape index (κ2) is 6.57. The predicted molar refractivity (Wildman–Crippen MR) is 74.3 cm³/mol. The standard InChI is InChI=1S/C14H17N3O3/c1-14(2,12(18)19)16-13(20)17(10-6-9-15)11-7-4-3-5-8-11/h3-5,7-8H,6,10H2,1-2H3,(H,16,20)(H,18,19). The number of amides is 2. The molecule has 6 heteroatoms. The lowest BCUT2D eigenvalue weighted by atomic mass is 10.1. The number of benzene rings is 1. The molecule has 1 rings (SSSR count). The van der Waals surface area contributed by atoms with E-state index in [0.29, 0.717) is 5.69 Å². The molecule has 0 saturated carbocycles. The third kappa shape index (κ3) is 3.99. The van der Waals surface area contributed by atoms with Gasteiger partial charge < -0.3 is 10.4 Å². The van der Waals surface area contributed by atoms with E-state index < -0.39 is 17.5 Å². The van der Waals surface area contributed by atoms with Crippen LogP contribution in [0.5, 0.6) is 0 Å². The van der Waals surface area contributed by atoms with Gasteiger partial charge in [-0.05, 0) is 26.0 Å². The highest BCUT2D eigenvalue weighted by Crippen LogP contribution is 2.15. The molecule has 0 unspecified atom stereocenters. The van der Waals surface area contributed by atoms with Crippen LogP contribution >= 0.6 is 0 Å². The van der Waals surface area contributed by atoms with Gasteiger partial charge in [-0.2, -0.15) is 5.26 Å². The van der Waals surface area contributed by atoms with Crippen LogP contribution in [0.1, 0.15) is 20.3 Å². The largest absolute Gasteiger partial charge is 0.480 e. The topological polar surface area (TPSA) is 93.4 Å². The van der Waals surface area contributed by atoms with E-state index >= 15 is 0 Å². The van der Waals surface area contributed by atoms with Crippen molar-refractivity contribution in [3.63, 3.8) is 0 Å². The average molecular weight is 275 g/mol. The van der Waals surface area contributed by atoms with Gasteiger partial charge in [-0.15, -0.1) is 0 Å². The van der Waals surface area contributed by atoms with Crippen molar-refractivity contribution >= 4 is 17.7 Å². The number of carboxylic acids is 1. The summed E-state index contributed by atoms with van der Waals surface area (Å²) in [6.07, 6.45) is 0.163. The van der Waals surface area contributed by atoms with Gasteiger partial charge in [0.2, 0.25) is 0 Å². The number of carboxylic acid groups (broad SMARTS) is 1. The van der Waals surface area contributed by atoms with Crippen LogP contribution in [0.25, 0.3) is 0 Å². The van der Waals surface area contributed by atoms with Crippen molar-refractivity contribution in [2.75, 3.05) is 11.4 Å². The summed E-state index contributed by atoms with van der Waals surface area (Å²) in [5.74, 6) is -1.13. The van der Waals surface area contributed by atoms with Crippen molar-refractivity contribution in [2.24, 2.45) is 0 Å². The molecule has 0 aliphatic carbocycles. The van der Waals surface area contributed by atoms with Crippen molar-refractivity contribution in [2.45, 2.75) is 25.8 Å². The second-order valence-electron chi connectivity index (χ2n) is 4.76. The summed E-state index contributed by atoms with van der Waals surface area (Å²) in [4.78, 5) is 24.6. The van der Waals surface area contributed by atoms with E-state index in [0.717, 1.165) is 0 Å². The van der Waals surface area contributed by atoms with E-state index in [-0.39, 0.29) is 13.0 Å². The monoisotopic (exact) mass is 275 g/mol. The Bertz CT molecular complexity index is 520. The molecule has 0 bridgehead atoms. The maximum Gasteiger partial charge on any atom is 0.328 e. The molecule has 6 nitrogen and oxygen atoms in total. The molecule has 1 aromatic carbocycles. The van der Waals surface area contributed by atoms with E-state index in [1.54, 1.807) is 24.3 Å². The fourth-order valence-corrected chi connectivity index (χ4v) is 1.51. The highest BCUT2D eigenvalue weighted by Gasteiger charge is 2.31. The predicted octanol–water partition coefficient (Wildman–Crippen LogP) is 1.98. The third-order valence-electron chi connectivity index (χ3n) is 2.71. The van der Waals surface area contributed by atoms with Crippen LogP contribution in [-0.4, -0.2) is 29.2 Å². The zero-order chi connectivity index (χ0) is 15.2. The Morgan fingerprint density at radius 3 is 2.45 bits per heavy atom. The number of rotatable bonds is 5. The number of hydrogen-bond acceptors (Lipinski definition) is 3. The normalized spacial score (nSPS) is 10.4. The first kappa shape index (κ1) is 15.5. The van der Waals surface area contributed by atoms with Gasteiger partial charge in [0.25, 0.3) is 0 Å². The van der Waals surface area contributed by atoms with Crippen molar-refractivity contribution in [3.05, 3.63) is 30.3 Å². The lowest BCUT2D eigenvalue weighted by molar-refractivity contribution is -0.142. The Morgan fingerprint density at radius 2 is 1.95 bits per heavy atom. The van der Waals surface area contributed by atoms with Gasteiger partial charge in [0.05, 0.1) is 12.5 Å². The minimum absolute atomic E-state index is 0.163. The average Bonchev–Trinajstić information content (AvgIpc) is 2.39. The molecule has 0 aliphatic heterocycles. The maximum absolute atomic E-state index is 12.2. The van der Waals surface area contributed by atoms with E-state index in [9.17, 15) is 9.59 Å². The Balaban J connectivity index is 2.92. The number of para-hydroxylation sites is 1. The molecule has 2 N–H and O–H groups in total. The molecule has 106 valence electrons. The number of nitriles is 1. The van der Waals surface area contributed by atoms with Gasteiger partial charge in [-0.1, -0.05) is 18.2 Å². The summed E-state index contributed by atoms with van der Waals surface area (Å²) in [5.41, 5.74) is -0.766. The lowest BCUT2D eigenvalue weighted by Gasteiger charge is -2.27. The fourth-order valence-electron chi connectivity index (χ4n) is 1.51. The zero-order valence-corrected chi connectivity index (χ0v) is 11.5. The molecular formula is C14H17N3O3. The Morgan fingerprint density at radius 1 is 1.35 bits per heavy atom. The van der Waals surface area contributed by atoms with E-state index in [1.807, 2.05) is 12.1 Å². The first-order chi connectivity index (χ1) is 9.38. The summed E-state index contributed by atoms with van der Waals surface area (Å²) >= 11 is 0. The number of carbonyl (C=O) groups excluding carboxylic acids is 1. The Labute approximate surface area is 117 Å². The molecule has 0 aliphatic rings. The molecule has 0 atom stereocenters. The third-order valence-corrected chi connectivity index (χ3v) is 2.71. The zero-order valence-electron chi connectivity index (χ0n) is 11.5. The molecule has 0 spiro atoms. The number of aliphatic carboxylic acids is 1. The van der Waals surface area contributed by atoms with Crippen LogP contribution in [0.3, 0.4) is 0 Å². The number of hydrogen-bond donors (Lipinski definition) is 2. The van der Waals surface area contributed by atoms with E-state index in [2.05, 4.69) is 5.32 Å². The van der Waals surface area contributed by atoms with Crippen LogP contribution in [-0.2, 0) is 4.79 Å². The summed E-state index contributed by atoms with van der Waals surface area (Å²) in [5, 5.41) is 20.1. The first-order valence-corrected chi connectivity index (χ1v) is 6.13. The molecule has 0 fully saturated rings. The summed E-state index contributed by atoms with van der Waals surface area (Å²) in [6.45, 7) is 3.00. The van der Waals surface area contributed by atoms with Gasteiger partial charge >= 0.3 is 12.0 Å². The number of carbonyl (C=O) groups is 2. The molecule has 0 radical (unpaired) electrons. The summed E-state index contributed by atoms with van der Waals surface area (Å²) in [6, 6.07) is 10.2. The number of nitrogens with zero attached hydrogens (tertiary/aromatic N) is 2. The van der Waals surface area contributed by atoms with Crippen LogP contribution in [0.4, 0.5) is 10.5 Å². The molecule has 0 aromatic heterocycles. The number of anilines is 1. The SMILES string of the molecule is CC(C)(NC(=O)N(CCC#N)c1ccccc1)C(=O)O. The fraction of sp³-hybridized carbons (Fsp3) is 0.357. The second-order valence-corrected chi connectivity index (χ2v) is 4.76. The Kier molecular flexibility index (Phi) is 5.09. The van der Waals surface area contributed by atoms with Crippen LogP contribution in [0.2, 0.25) is 0 Å². The summed E-state index contributed by atoms with van der Waals surface area (Å²) in [7, 11) is 0. The van der Waals surface area contributed by atoms with Gasteiger partial charge in [0.15, 0.2) is 0 Å². The molecule has 1 aromatic rings. The highest BCUT2D eigenvalue weighted by atomic mass is 16.4. The van der Waals surface area contributed by atoms with Gasteiger partial charge in [-0.25, -0.2) is 9.59 Å². The van der Waals surface area contributed by atoms with E-state index in [4.69, 9.17) is 10.4 Å². The minimum Gasteiger partial charge on any atom is -0.480 e. The highest BCUT2D eigenvalue weighted by molar-refractivity contribution is 5.95. The number of nitrogens with one attached hydrogen (secondary N) is 1. The quantitative estimate of drug-likeness (QED) is 0.859. The smallest absolute Gasteiger partial charge is 0.328 e. The van der Waals surface area contributed by atoms with Gasteiger partial charge in [-0.3, -0.25) is 4.90 Å².